The predicted molar refractivity (Wildman–Crippen MR) is 94.4 cm³/mol. The van der Waals surface area contributed by atoms with Crippen LogP contribution in [0.25, 0.3) is 0 Å². The van der Waals surface area contributed by atoms with E-state index in [2.05, 4.69) is 53.4 Å². The molecule has 2 aliphatic heterocycles. The van der Waals surface area contributed by atoms with Gasteiger partial charge in [0, 0.05) is 31.2 Å². The SMILES string of the molecule is Cc1cnn(CC(C)NCC2CNNC2c2ccc3c(c2)OCO3)c1. The molecule has 3 N–H and O–H groups in total. The molecule has 0 aliphatic carbocycles. The third kappa shape index (κ3) is 3.63. The number of hydrogen-bond acceptors (Lipinski definition) is 6. The van der Waals surface area contributed by atoms with E-state index in [-0.39, 0.29) is 6.04 Å². The van der Waals surface area contributed by atoms with Gasteiger partial charge in [-0.1, -0.05) is 6.07 Å². The summed E-state index contributed by atoms with van der Waals surface area (Å²) in [6.07, 6.45) is 3.97. The van der Waals surface area contributed by atoms with Gasteiger partial charge in [-0.25, -0.2) is 5.43 Å². The van der Waals surface area contributed by atoms with Crippen molar-refractivity contribution in [1.29, 1.82) is 0 Å². The lowest BCUT2D eigenvalue weighted by atomic mass is 9.94. The van der Waals surface area contributed by atoms with Crippen molar-refractivity contribution in [3.63, 3.8) is 0 Å². The third-order valence-corrected chi connectivity index (χ3v) is 4.80. The van der Waals surface area contributed by atoms with Crippen molar-refractivity contribution >= 4 is 0 Å². The molecule has 0 bridgehead atoms. The first kappa shape index (κ1) is 16.4. The summed E-state index contributed by atoms with van der Waals surface area (Å²) in [5, 5.41) is 8.00. The third-order valence-electron chi connectivity index (χ3n) is 4.80. The van der Waals surface area contributed by atoms with Crippen molar-refractivity contribution < 1.29 is 9.47 Å². The van der Waals surface area contributed by atoms with Crippen LogP contribution >= 0.6 is 0 Å². The van der Waals surface area contributed by atoms with Gasteiger partial charge in [0.05, 0.1) is 18.8 Å². The normalized spacial score (nSPS) is 23.1. The molecule has 0 spiro atoms. The first-order valence-corrected chi connectivity index (χ1v) is 8.79. The van der Waals surface area contributed by atoms with E-state index in [4.69, 9.17) is 9.47 Å². The van der Waals surface area contributed by atoms with Crippen molar-refractivity contribution in [2.45, 2.75) is 32.5 Å². The second kappa shape index (κ2) is 7.03. The Hall–Kier alpha value is -2.09. The fourth-order valence-corrected chi connectivity index (χ4v) is 3.45. The Balaban J connectivity index is 1.35. The van der Waals surface area contributed by atoms with Gasteiger partial charge in [0.15, 0.2) is 11.5 Å². The zero-order valence-electron chi connectivity index (χ0n) is 14.7. The van der Waals surface area contributed by atoms with Gasteiger partial charge in [0.1, 0.15) is 0 Å². The van der Waals surface area contributed by atoms with E-state index in [9.17, 15) is 0 Å². The number of benzene rings is 1. The molecule has 7 heteroatoms. The highest BCUT2D eigenvalue weighted by Gasteiger charge is 2.29. The Labute approximate surface area is 147 Å². The Morgan fingerprint density at radius 1 is 1.36 bits per heavy atom. The highest BCUT2D eigenvalue weighted by Crippen LogP contribution is 2.36. The van der Waals surface area contributed by atoms with Gasteiger partial charge in [0.25, 0.3) is 0 Å². The molecule has 1 aromatic carbocycles. The quantitative estimate of drug-likeness (QED) is 0.736. The van der Waals surface area contributed by atoms with Crippen LogP contribution in [0.5, 0.6) is 11.5 Å². The summed E-state index contributed by atoms with van der Waals surface area (Å²) in [5.41, 5.74) is 9.09. The number of hydrazine groups is 1. The van der Waals surface area contributed by atoms with Crippen LogP contribution in [0.3, 0.4) is 0 Å². The summed E-state index contributed by atoms with van der Waals surface area (Å²) in [7, 11) is 0. The minimum Gasteiger partial charge on any atom is -0.454 e. The first-order valence-electron chi connectivity index (χ1n) is 8.79. The smallest absolute Gasteiger partial charge is 0.231 e. The van der Waals surface area contributed by atoms with Crippen LogP contribution in [0.1, 0.15) is 24.1 Å². The lowest BCUT2D eigenvalue weighted by molar-refractivity contribution is 0.174. The van der Waals surface area contributed by atoms with Crippen LogP contribution in [0.15, 0.2) is 30.6 Å². The van der Waals surface area contributed by atoms with Gasteiger partial charge >= 0.3 is 0 Å². The summed E-state index contributed by atoms with van der Waals surface area (Å²) >= 11 is 0. The van der Waals surface area contributed by atoms with E-state index in [1.165, 1.54) is 11.1 Å². The maximum absolute atomic E-state index is 5.50. The standard InChI is InChI=1S/C18H25N5O2/c1-12-6-21-23(9-12)10-13(2)19-7-15-8-20-22-18(15)14-3-4-16-17(5-14)25-11-24-16/h3-6,9,13,15,18-20,22H,7-8,10-11H2,1-2H3. The average Bonchev–Trinajstić information content (AvgIpc) is 3.32. The summed E-state index contributed by atoms with van der Waals surface area (Å²) < 4.78 is 12.9. The number of hydrogen-bond donors (Lipinski definition) is 3. The minimum absolute atomic E-state index is 0.251. The van der Waals surface area contributed by atoms with Gasteiger partial charge in [-0.3, -0.25) is 10.1 Å². The molecular weight excluding hydrogens is 318 g/mol. The topological polar surface area (TPSA) is 72.4 Å². The van der Waals surface area contributed by atoms with E-state index in [1.54, 1.807) is 0 Å². The molecule has 0 saturated carbocycles. The van der Waals surface area contributed by atoms with Crippen molar-refractivity contribution in [3.05, 3.63) is 41.7 Å². The lowest BCUT2D eigenvalue weighted by Crippen LogP contribution is -2.36. The highest BCUT2D eigenvalue weighted by molar-refractivity contribution is 5.45. The number of nitrogens with zero attached hydrogens (tertiary/aromatic N) is 2. The van der Waals surface area contributed by atoms with Crippen LogP contribution in [-0.4, -0.2) is 35.7 Å². The molecule has 3 heterocycles. The molecule has 4 rings (SSSR count). The van der Waals surface area contributed by atoms with E-state index >= 15 is 0 Å². The minimum atomic E-state index is 0.251. The van der Waals surface area contributed by atoms with Crippen molar-refractivity contribution in [2.24, 2.45) is 5.92 Å². The average molecular weight is 343 g/mol. The number of ether oxygens (including phenoxy) is 2. The molecule has 7 nitrogen and oxygen atoms in total. The van der Waals surface area contributed by atoms with E-state index in [0.717, 1.165) is 31.1 Å². The van der Waals surface area contributed by atoms with Crippen LogP contribution in [0.2, 0.25) is 0 Å². The summed E-state index contributed by atoms with van der Waals surface area (Å²) in [6.45, 7) is 7.30. The maximum Gasteiger partial charge on any atom is 0.231 e. The molecule has 1 fully saturated rings. The Kier molecular flexibility index (Phi) is 4.61. The van der Waals surface area contributed by atoms with Gasteiger partial charge < -0.3 is 14.8 Å². The van der Waals surface area contributed by atoms with Gasteiger partial charge in [0.2, 0.25) is 6.79 Å². The largest absolute Gasteiger partial charge is 0.454 e. The molecular formula is C18H25N5O2. The van der Waals surface area contributed by atoms with Crippen LogP contribution < -0.4 is 25.6 Å². The molecule has 2 aliphatic rings. The van der Waals surface area contributed by atoms with E-state index < -0.39 is 0 Å². The van der Waals surface area contributed by atoms with Gasteiger partial charge in [-0.15, -0.1) is 0 Å². The highest BCUT2D eigenvalue weighted by atomic mass is 16.7. The number of aryl methyl sites for hydroxylation is 1. The molecule has 0 amide bonds. The number of nitrogens with one attached hydrogen (secondary N) is 3. The van der Waals surface area contributed by atoms with Crippen molar-refractivity contribution in [1.82, 2.24) is 25.9 Å². The fourth-order valence-electron chi connectivity index (χ4n) is 3.45. The predicted octanol–water partition coefficient (Wildman–Crippen LogP) is 1.36. The molecule has 134 valence electrons. The molecule has 3 unspecified atom stereocenters. The van der Waals surface area contributed by atoms with Crippen LogP contribution in [0, 0.1) is 12.8 Å². The molecule has 3 atom stereocenters. The van der Waals surface area contributed by atoms with Gasteiger partial charge in [-0.05, 0) is 37.1 Å². The monoisotopic (exact) mass is 343 g/mol. The number of rotatable bonds is 6. The zero-order chi connectivity index (χ0) is 17.2. The van der Waals surface area contributed by atoms with Gasteiger partial charge in [-0.2, -0.15) is 5.10 Å². The molecule has 2 aromatic rings. The van der Waals surface area contributed by atoms with Crippen molar-refractivity contribution in [2.75, 3.05) is 19.9 Å². The lowest BCUT2D eigenvalue weighted by Gasteiger charge is -2.22. The second-order valence-electron chi connectivity index (χ2n) is 6.92. The number of aromatic nitrogens is 2. The van der Waals surface area contributed by atoms with Crippen LogP contribution in [0.4, 0.5) is 0 Å². The Bertz CT molecular complexity index is 732. The van der Waals surface area contributed by atoms with Crippen LogP contribution in [-0.2, 0) is 6.54 Å². The van der Waals surface area contributed by atoms with E-state index in [0.29, 0.717) is 18.8 Å². The zero-order valence-corrected chi connectivity index (χ0v) is 14.7. The summed E-state index contributed by atoms with van der Waals surface area (Å²) in [6, 6.07) is 6.79. The first-order chi connectivity index (χ1) is 12.2. The molecule has 0 radical (unpaired) electrons. The Morgan fingerprint density at radius 2 is 2.24 bits per heavy atom. The summed E-state index contributed by atoms with van der Waals surface area (Å²) in [4.78, 5) is 0. The second-order valence-corrected chi connectivity index (χ2v) is 6.92. The summed E-state index contributed by atoms with van der Waals surface area (Å²) in [5.74, 6) is 2.12. The molecule has 1 saturated heterocycles. The Morgan fingerprint density at radius 3 is 3.08 bits per heavy atom. The molecule has 1 aromatic heterocycles. The van der Waals surface area contributed by atoms with E-state index in [1.807, 2.05) is 16.9 Å². The maximum atomic E-state index is 5.50. The number of fused-ring (bicyclic) bond motifs is 1. The fraction of sp³-hybridized carbons (Fsp3) is 0.500. The molecule has 25 heavy (non-hydrogen) atoms. The van der Waals surface area contributed by atoms with Crippen molar-refractivity contribution in [3.8, 4) is 11.5 Å².